The Morgan fingerprint density at radius 1 is 1.21 bits per heavy atom. The van der Waals surface area contributed by atoms with Crippen molar-refractivity contribution in [3.8, 4) is 0 Å². The van der Waals surface area contributed by atoms with Crippen molar-refractivity contribution in [1.29, 1.82) is 0 Å². The fourth-order valence-electron chi connectivity index (χ4n) is 4.01. The van der Waals surface area contributed by atoms with Crippen LogP contribution in [0.3, 0.4) is 0 Å². The molecule has 0 aliphatic carbocycles. The van der Waals surface area contributed by atoms with Crippen LogP contribution in [-0.4, -0.2) is 41.3 Å². The number of thioether (sulfide) groups is 1. The predicted molar refractivity (Wildman–Crippen MR) is 127 cm³/mol. The van der Waals surface area contributed by atoms with Gasteiger partial charge in [0, 0.05) is 5.75 Å². The molecule has 0 radical (unpaired) electrons. The first-order valence-electron chi connectivity index (χ1n) is 10.6. The van der Waals surface area contributed by atoms with E-state index in [1.165, 1.54) is 5.56 Å². The molecule has 1 amide bonds. The molecular formula is C22H35NO2S2Si. The number of hydrogen-bond acceptors (Lipinski definition) is 4. The Kier molecular flexibility index (Phi) is 9.18. The van der Waals surface area contributed by atoms with E-state index >= 15 is 0 Å². The van der Waals surface area contributed by atoms with E-state index in [0.717, 1.165) is 41.0 Å². The summed E-state index contributed by atoms with van der Waals surface area (Å²) in [6.07, 6.45) is 1.69. The number of benzene rings is 1. The molecule has 1 saturated heterocycles. The van der Waals surface area contributed by atoms with Crippen molar-refractivity contribution in [3.63, 3.8) is 0 Å². The van der Waals surface area contributed by atoms with Gasteiger partial charge < -0.3 is 4.43 Å². The highest BCUT2D eigenvalue weighted by molar-refractivity contribution is 8.23. The molecule has 1 heterocycles. The van der Waals surface area contributed by atoms with Gasteiger partial charge in [0.15, 0.2) is 8.32 Å². The second-order valence-corrected chi connectivity index (χ2v) is 14.1. The molecule has 0 N–H and O–H groups in total. The predicted octanol–water partition coefficient (Wildman–Crippen LogP) is 5.89. The second-order valence-electron chi connectivity index (χ2n) is 7.73. The summed E-state index contributed by atoms with van der Waals surface area (Å²) in [4.78, 5) is 15.4. The summed E-state index contributed by atoms with van der Waals surface area (Å²) < 4.78 is 7.43. The third-order valence-corrected chi connectivity index (χ3v) is 12.4. The second kappa shape index (κ2) is 10.9. The van der Waals surface area contributed by atoms with Gasteiger partial charge in [0.2, 0.25) is 5.91 Å². The third kappa shape index (κ3) is 5.46. The van der Waals surface area contributed by atoms with Crippen molar-refractivity contribution in [1.82, 2.24) is 4.90 Å². The van der Waals surface area contributed by atoms with E-state index in [1.54, 1.807) is 11.8 Å². The highest BCUT2D eigenvalue weighted by Gasteiger charge is 2.40. The van der Waals surface area contributed by atoms with Crippen molar-refractivity contribution in [2.24, 2.45) is 5.92 Å². The van der Waals surface area contributed by atoms with Gasteiger partial charge in [-0.25, -0.2) is 0 Å². The highest BCUT2D eigenvalue weighted by Crippen LogP contribution is 2.32. The molecule has 1 fully saturated rings. The molecular weight excluding hydrogens is 402 g/mol. The summed E-state index contributed by atoms with van der Waals surface area (Å²) in [6.45, 7) is 10.9. The summed E-state index contributed by atoms with van der Waals surface area (Å²) in [6, 6.07) is 13.8. The number of nitrogens with zero attached hydrogens (tertiary/aromatic N) is 1. The van der Waals surface area contributed by atoms with Gasteiger partial charge in [-0.1, -0.05) is 88.9 Å². The molecule has 1 aromatic rings. The highest BCUT2D eigenvalue weighted by atomic mass is 32.2. The first-order valence-corrected chi connectivity index (χ1v) is 14.5. The van der Waals surface area contributed by atoms with E-state index in [4.69, 9.17) is 16.6 Å². The summed E-state index contributed by atoms with van der Waals surface area (Å²) >= 11 is 7.20. The van der Waals surface area contributed by atoms with Gasteiger partial charge in [-0.2, -0.15) is 0 Å². The molecule has 1 aromatic carbocycles. The van der Waals surface area contributed by atoms with Gasteiger partial charge in [0.05, 0.1) is 18.1 Å². The molecule has 0 bridgehead atoms. The lowest BCUT2D eigenvalue weighted by Gasteiger charge is -2.37. The maximum atomic E-state index is 13.5. The molecule has 2 rings (SSSR count). The lowest BCUT2D eigenvalue weighted by Crippen LogP contribution is -2.49. The van der Waals surface area contributed by atoms with Crippen LogP contribution in [0.5, 0.6) is 0 Å². The number of carbonyl (C=O) groups excluding carboxylic acids is 1. The Morgan fingerprint density at radius 2 is 1.82 bits per heavy atom. The van der Waals surface area contributed by atoms with Crippen molar-refractivity contribution >= 4 is 42.5 Å². The first kappa shape index (κ1) is 23.6. The molecule has 0 aromatic heterocycles. The Balaban J connectivity index is 2.14. The van der Waals surface area contributed by atoms with E-state index in [1.807, 2.05) is 17.9 Å². The van der Waals surface area contributed by atoms with Gasteiger partial charge in [0.25, 0.3) is 0 Å². The lowest BCUT2D eigenvalue weighted by molar-refractivity contribution is -0.135. The maximum absolute atomic E-state index is 13.5. The largest absolute Gasteiger partial charge is 0.413 e. The van der Waals surface area contributed by atoms with Crippen LogP contribution < -0.4 is 0 Å². The zero-order valence-corrected chi connectivity index (χ0v) is 20.6. The summed E-state index contributed by atoms with van der Waals surface area (Å²) in [7, 11) is -1.75. The number of rotatable bonds is 10. The standard InChI is InChI=1S/C22H35NO2S2Si/c1-6-20(25-28(7-2,8-3)9-4)17(5)21(24)23-19(16-27-22(23)26)15-18-13-11-10-12-14-18/h10-14,17,19-20H,6-9,15-16H2,1-5H3/t17-,19-,20+/m1/s1. The van der Waals surface area contributed by atoms with Crippen LogP contribution in [0.2, 0.25) is 18.1 Å². The molecule has 3 atom stereocenters. The first-order chi connectivity index (χ1) is 13.4. The van der Waals surface area contributed by atoms with Crippen LogP contribution in [0.1, 0.15) is 46.6 Å². The van der Waals surface area contributed by atoms with E-state index in [2.05, 4.69) is 52.0 Å². The minimum atomic E-state index is -1.75. The van der Waals surface area contributed by atoms with Crippen molar-refractivity contribution < 1.29 is 9.22 Å². The Labute approximate surface area is 181 Å². The SMILES string of the molecule is CC[C@H](O[Si](CC)(CC)CC)[C@@H](C)C(=O)N1C(=S)SC[C@H]1Cc1ccccc1. The minimum Gasteiger partial charge on any atom is -0.413 e. The zero-order valence-electron chi connectivity index (χ0n) is 17.9. The van der Waals surface area contributed by atoms with Gasteiger partial charge in [-0.15, -0.1) is 0 Å². The Hall–Kier alpha value is -0.693. The third-order valence-electron chi connectivity index (χ3n) is 6.20. The van der Waals surface area contributed by atoms with E-state index in [0.29, 0.717) is 0 Å². The van der Waals surface area contributed by atoms with Gasteiger partial charge >= 0.3 is 0 Å². The van der Waals surface area contributed by atoms with Crippen molar-refractivity contribution in [3.05, 3.63) is 35.9 Å². The average molecular weight is 438 g/mol. The Bertz CT molecular complexity index is 643. The molecule has 0 unspecified atom stereocenters. The van der Waals surface area contributed by atoms with E-state index in [9.17, 15) is 4.79 Å². The van der Waals surface area contributed by atoms with Crippen molar-refractivity contribution in [2.45, 2.75) is 77.7 Å². The van der Waals surface area contributed by atoms with E-state index < -0.39 is 8.32 Å². The number of amides is 1. The molecule has 0 saturated carbocycles. The maximum Gasteiger partial charge on any atom is 0.233 e. The van der Waals surface area contributed by atoms with E-state index in [-0.39, 0.29) is 24.0 Å². The molecule has 6 heteroatoms. The van der Waals surface area contributed by atoms with Crippen LogP contribution in [-0.2, 0) is 15.6 Å². The Morgan fingerprint density at radius 3 is 2.36 bits per heavy atom. The molecule has 1 aliphatic rings. The number of hydrogen-bond donors (Lipinski definition) is 0. The lowest BCUT2D eigenvalue weighted by atomic mass is 9.99. The fourth-order valence-corrected chi connectivity index (χ4v) is 8.44. The molecule has 1 aliphatic heterocycles. The van der Waals surface area contributed by atoms with Gasteiger partial charge in [0.1, 0.15) is 4.32 Å². The molecule has 156 valence electrons. The fraction of sp³-hybridized carbons (Fsp3) is 0.636. The quantitative estimate of drug-likeness (QED) is 0.337. The summed E-state index contributed by atoms with van der Waals surface area (Å²) in [5.74, 6) is 0.840. The van der Waals surface area contributed by atoms with Crippen LogP contribution in [0.15, 0.2) is 30.3 Å². The van der Waals surface area contributed by atoms with Crippen LogP contribution in [0.25, 0.3) is 0 Å². The molecule has 3 nitrogen and oxygen atoms in total. The van der Waals surface area contributed by atoms with Crippen molar-refractivity contribution in [2.75, 3.05) is 5.75 Å². The molecule has 28 heavy (non-hydrogen) atoms. The van der Waals surface area contributed by atoms with Gasteiger partial charge in [-0.3, -0.25) is 9.69 Å². The monoisotopic (exact) mass is 437 g/mol. The van der Waals surface area contributed by atoms with Crippen LogP contribution >= 0.6 is 24.0 Å². The smallest absolute Gasteiger partial charge is 0.233 e. The summed E-state index contributed by atoms with van der Waals surface area (Å²) in [5, 5.41) is 0. The average Bonchev–Trinajstić information content (AvgIpc) is 3.09. The summed E-state index contributed by atoms with van der Waals surface area (Å²) in [5.41, 5.74) is 1.25. The zero-order chi connectivity index (χ0) is 20.7. The number of carbonyl (C=O) groups is 1. The topological polar surface area (TPSA) is 29.5 Å². The normalized spacial score (nSPS) is 19.7. The van der Waals surface area contributed by atoms with Crippen LogP contribution in [0.4, 0.5) is 0 Å². The number of thiocarbonyl (C=S) groups is 1. The minimum absolute atomic E-state index is 0.0233. The van der Waals surface area contributed by atoms with Gasteiger partial charge in [-0.05, 0) is 36.5 Å². The molecule has 0 spiro atoms. The van der Waals surface area contributed by atoms with Crippen LogP contribution in [0, 0.1) is 5.92 Å².